The Labute approximate surface area is 118 Å². The van der Waals surface area contributed by atoms with Crippen LogP contribution in [0.15, 0.2) is 36.4 Å². The number of hydrogen-bond donors (Lipinski definition) is 2. The highest BCUT2D eigenvalue weighted by Gasteiger charge is 2.18. The first-order valence-electron chi connectivity index (χ1n) is 5.39. The van der Waals surface area contributed by atoms with E-state index in [1.54, 1.807) is 12.1 Å². The number of anilines is 2. The molecule has 0 saturated heterocycles. The van der Waals surface area contributed by atoms with E-state index in [0.717, 1.165) is 0 Å². The van der Waals surface area contributed by atoms with Crippen LogP contribution in [0.4, 0.5) is 17.2 Å². The molecule has 1 aromatic heterocycles. The number of carbonyl (C=O) groups is 1. The van der Waals surface area contributed by atoms with Crippen LogP contribution in [0.25, 0.3) is 0 Å². The van der Waals surface area contributed by atoms with Crippen LogP contribution in [0.1, 0.15) is 10.4 Å². The van der Waals surface area contributed by atoms with Crippen LogP contribution in [0.2, 0.25) is 5.15 Å². The Balaban J connectivity index is 2.47. The maximum absolute atomic E-state index is 11.1. The van der Waals surface area contributed by atoms with E-state index in [4.69, 9.17) is 16.7 Å². The number of aromatic carboxylic acids is 1. The van der Waals surface area contributed by atoms with E-state index in [-0.39, 0.29) is 27.9 Å². The number of carboxylic acids is 1. The lowest BCUT2D eigenvalue weighted by Gasteiger charge is -2.09. The van der Waals surface area contributed by atoms with Crippen molar-refractivity contribution in [3.05, 3.63) is 57.2 Å². The zero-order valence-corrected chi connectivity index (χ0v) is 10.7. The second-order valence-electron chi connectivity index (χ2n) is 3.73. The van der Waals surface area contributed by atoms with Crippen LogP contribution < -0.4 is 5.32 Å². The molecule has 0 aliphatic rings. The Morgan fingerprint density at radius 2 is 2.00 bits per heavy atom. The molecule has 0 amide bonds. The average molecular weight is 294 g/mol. The molecule has 0 fully saturated rings. The summed E-state index contributed by atoms with van der Waals surface area (Å²) in [4.78, 5) is 25.2. The monoisotopic (exact) mass is 293 g/mol. The maximum atomic E-state index is 11.1. The molecule has 0 atom stereocenters. The second-order valence-corrected chi connectivity index (χ2v) is 4.12. The van der Waals surface area contributed by atoms with E-state index in [2.05, 4.69) is 10.3 Å². The first-order chi connectivity index (χ1) is 9.49. The molecule has 2 rings (SSSR count). The summed E-state index contributed by atoms with van der Waals surface area (Å²) < 4.78 is 0. The zero-order chi connectivity index (χ0) is 14.7. The van der Waals surface area contributed by atoms with Crippen molar-refractivity contribution in [3.63, 3.8) is 0 Å². The lowest BCUT2D eigenvalue weighted by Crippen LogP contribution is -2.05. The lowest BCUT2D eigenvalue weighted by atomic mass is 10.2. The molecular formula is C12H8ClN3O4. The van der Waals surface area contributed by atoms with Gasteiger partial charge in [0.05, 0.1) is 16.2 Å². The molecule has 0 saturated carbocycles. The predicted molar refractivity (Wildman–Crippen MR) is 72.6 cm³/mol. The number of carboxylic acid groups (broad SMARTS) is 1. The molecule has 8 heteroatoms. The quantitative estimate of drug-likeness (QED) is 0.510. The van der Waals surface area contributed by atoms with Crippen molar-refractivity contribution >= 4 is 34.8 Å². The van der Waals surface area contributed by atoms with Gasteiger partial charge >= 0.3 is 11.7 Å². The van der Waals surface area contributed by atoms with Crippen molar-refractivity contribution in [1.29, 1.82) is 0 Å². The Hall–Kier alpha value is -2.67. The fraction of sp³-hybridized carbons (Fsp3) is 0. The van der Waals surface area contributed by atoms with Gasteiger partial charge in [0.1, 0.15) is 5.15 Å². The summed E-state index contributed by atoms with van der Waals surface area (Å²) in [5, 5.41) is 22.7. The van der Waals surface area contributed by atoms with Gasteiger partial charge in [0.2, 0.25) is 5.82 Å². The first kappa shape index (κ1) is 13.8. The number of aromatic nitrogens is 1. The summed E-state index contributed by atoms with van der Waals surface area (Å²) >= 11 is 5.70. The third kappa shape index (κ3) is 2.83. The van der Waals surface area contributed by atoms with Crippen molar-refractivity contribution < 1.29 is 14.8 Å². The summed E-state index contributed by atoms with van der Waals surface area (Å²) in [5.74, 6) is -1.27. The molecule has 0 aliphatic heterocycles. The Bertz CT molecular complexity index is 690. The number of halogens is 1. The number of hydrogen-bond acceptors (Lipinski definition) is 5. The zero-order valence-electron chi connectivity index (χ0n) is 9.91. The van der Waals surface area contributed by atoms with Gasteiger partial charge in [-0.25, -0.2) is 9.78 Å². The molecule has 0 radical (unpaired) electrons. The van der Waals surface area contributed by atoms with Crippen LogP contribution in [-0.4, -0.2) is 21.0 Å². The summed E-state index contributed by atoms with van der Waals surface area (Å²) in [6.07, 6.45) is 0. The molecule has 0 spiro atoms. The number of benzene rings is 1. The highest BCUT2D eigenvalue weighted by atomic mass is 35.5. The second kappa shape index (κ2) is 5.54. The Morgan fingerprint density at radius 1 is 1.30 bits per heavy atom. The van der Waals surface area contributed by atoms with E-state index in [1.807, 2.05) is 0 Å². The van der Waals surface area contributed by atoms with Gasteiger partial charge in [0.25, 0.3) is 0 Å². The molecular weight excluding hydrogens is 286 g/mol. The normalized spacial score (nSPS) is 10.1. The lowest BCUT2D eigenvalue weighted by molar-refractivity contribution is -0.384. The topological polar surface area (TPSA) is 105 Å². The number of rotatable bonds is 4. The van der Waals surface area contributed by atoms with E-state index >= 15 is 0 Å². The summed E-state index contributed by atoms with van der Waals surface area (Å²) in [7, 11) is 0. The van der Waals surface area contributed by atoms with Crippen LogP contribution in [0.3, 0.4) is 0 Å². The van der Waals surface area contributed by atoms with Crippen LogP contribution in [-0.2, 0) is 0 Å². The van der Waals surface area contributed by atoms with Gasteiger partial charge in [0.15, 0.2) is 0 Å². The Kier molecular flexibility index (Phi) is 3.81. The smallest absolute Gasteiger partial charge is 0.337 e. The largest absolute Gasteiger partial charge is 0.478 e. The summed E-state index contributed by atoms with van der Waals surface area (Å²) in [6, 6.07) is 8.49. The van der Waals surface area contributed by atoms with Gasteiger partial charge in [-0.2, -0.15) is 0 Å². The first-order valence-corrected chi connectivity index (χ1v) is 5.77. The molecule has 20 heavy (non-hydrogen) atoms. The average Bonchev–Trinajstić information content (AvgIpc) is 2.38. The Morgan fingerprint density at radius 3 is 2.65 bits per heavy atom. The summed E-state index contributed by atoms with van der Waals surface area (Å²) in [5.41, 5.74) is -0.129. The van der Waals surface area contributed by atoms with Crippen molar-refractivity contribution in [2.75, 3.05) is 5.32 Å². The summed E-state index contributed by atoms with van der Waals surface area (Å²) in [6.45, 7) is 0. The molecule has 2 N–H and O–H groups in total. The minimum atomic E-state index is -1.15. The molecule has 1 heterocycles. The van der Waals surface area contributed by atoms with E-state index < -0.39 is 10.9 Å². The van der Waals surface area contributed by atoms with Gasteiger partial charge in [-0.3, -0.25) is 10.1 Å². The van der Waals surface area contributed by atoms with Gasteiger partial charge in [-0.15, -0.1) is 0 Å². The number of para-hydroxylation sites is 1. The van der Waals surface area contributed by atoms with Crippen molar-refractivity contribution in [3.8, 4) is 0 Å². The molecule has 0 aliphatic carbocycles. The van der Waals surface area contributed by atoms with Crippen molar-refractivity contribution in [2.45, 2.75) is 0 Å². The molecule has 0 unspecified atom stereocenters. The number of nitrogens with zero attached hydrogens (tertiary/aromatic N) is 2. The standard InChI is InChI=1S/C12H8ClN3O4/c13-10-6-5-9(16(19)20)11(15-10)14-8-4-2-1-3-7(8)12(17)18/h1-6H,(H,14,15)(H,17,18). The number of pyridine rings is 1. The molecule has 1 aromatic carbocycles. The maximum Gasteiger partial charge on any atom is 0.337 e. The predicted octanol–water partition coefficient (Wildman–Crippen LogP) is 3.09. The number of nitro groups is 1. The highest BCUT2D eigenvalue weighted by Crippen LogP contribution is 2.28. The van der Waals surface area contributed by atoms with Gasteiger partial charge in [-0.05, 0) is 18.2 Å². The molecule has 0 bridgehead atoms. The van der Waals surface area contributed by atoms with Gasteiger partial charge in [-0.1, -0.05) is 23.7 Å². The minimum Gasteiger partial charge on any atom is -0.478 e. The fourth-order valence-electron chi connectivity index (χ4n) is 1.57. The minimum absolute atomic E-state index is 0.0245. The molecule has 102 valence electrons. The van der Waals surface area contributed by atoms with E-state index in [0.29, 0.717) is 0 Å². The van der Waals surface area contributed by atoms with Gasteiger partial charge in [0, 0.05) is 6.07 Å². The third-order valence-corrected chi connectivity index (χ3v) is 2.66. The highest BCUT2D eigenvalue weighted by molar-refractivity contribution is 6.29. The molecule has 7 nitrogen and oxygen atoms in total. The SMILES string of the molecule is O=C(O)c1ccccc1Nc1nc(Cl)ccc1[N+](=O)[O-]. The van der Waals surface area contributed by atoms with Gasteiger partial charge < -0.3 is 10.4 Å². The van der Waals surface area contributed by atoms with Crippen LogP contribution in [0.5, 0.6) is 0 Å². The van der Waals surface area contributed by atoms with Crippen molar-refractivity contribution in [1.82, 2.24) is 4.98 Å². The molecule has 2 aromatic rings. The van der Waals surface area contributed by atoms with E-state index in [9.17, 15) is 14.9 Å². The van der Waals surface area contributed by atoms with Crippen LogP contribution in [0, 0.1) is 10.1 Å². The number of nitrogens with one attached hydrogen (secondary N) is 1. The van der Waals surface area contributed by atoms with E-state index in [1.165, 1.54) is 24.3 Å². The van der Waals surface area contributed by atoms with Crippen molar-refractivity contribution in [2.24, 2.45) is 0 Å². The van der Waals surface area contributed by atoms with Crippen LogP contribution >= 0.6 is 11.6 Å². The third-order valence-electron chi connectivity index (χ3n) is 2.45. The fourth-order valence-corrected chi connectivity index (χ4v) is 1.72.